The molecule has 1 aliphatic rings. The van der Waals surface area contributed by atoms with E-state index in [1.165, 1.54) is 18.2 Å². The Morgan fingerprint density at radius 3 is 2.53 bits per heavy atom. The Morgan fingerprint density at radius 2 is 1.78 bits per heavy atom. The number of carboxylic acid groups (broad SMARTS) is 1. The maximum absolute atomic E-state index is 14.7. The van der Waals surface area contributed by atoms with Crippen molar-refractivity contribution in [3.8, 4) is 22.8 Å². The summed E-state index contributed by atoms with van der Waals surface area (Å²) >= 11 is 0. The molecule has 1 aromatic heterocycles. The molecule has 3 aromatic carbocycles. The van der Waals surface area contributed by atoms with Crippen molar-refractivity contribution in [1.29, 1.82) is 0 Å². The number of carboxylic acids is 1. The number of nitrogens with one attached hydrogen (secondary N) is 1. The first-order valence-electron chi connectivity index (χ1n) is 11.0. The molecule has 0 spiro atoms. The lowest BCUT2D eigenvalue weighted by Gasteiger charge is -2.14. The molecule has 4 aromatic rings. The average Bonchev–Trinajstić information content (AvgIpc) is 3.05. The Morgan fingerprint density at radius 1 is 0.972 bits per heavy atom. The Hall–Kier alpha value is -4.79. The molecule has 2 N–H and O–H groups in total. The van der Waals surface area contributed by atoms with E-state index in [-0.39, 0.29) is 12.1 Å². The topological polar surface area (TPSA) is 106 Å². The van der Waals surface area contributed by atoms with Crippen LogP contribution in [0.3, 0.4) is 0 Å². The summed E-state index contributed by atoms with van der Waals surface area (Å²) in [6.45, 7) is 0.201. The molecule has 0 atom stereocenters. The van der Waals surface area contributed by atoms with Gasteiger partial charge in [0.2, 0.25) is 5.95 Å². The van der Waals surface area contributed by atoms with E-state index in [0.717, 1.165) is 0 Å². The van der Waals surface area contributed by atoms with E-state index >= 15 is 0 Å². The summed E-state index contributed by atoms with van der Waals surface area (Å²) in [6, 6.07) is 16.3. The van der Waals surface area contributed by atoms with Gasteiger partial charge in [-0.15, -0.1) is 0 Å². The summed E-state index contributed by atoms with van der Waals surface area (Å²) in [7, 11) is 3.10. The average molecular weight is 484 g/mol. The number of fused-ring (bicyclic) bond motifs is 3. The summed E-state index contributed by atoms with van der Waals surface area (Å²) in [4.78, 5) is 25.5. The van der Waals surface area contributed by atoms with Gasteiger partial charge in [-0.1, -0.05) is 18.2 Å². The zero-order valence-corrected chi connectivity index (χ0v) is 19.4. The van der Waals surface area contributed by atoms with Crippen LogP contribution in [0.2, 0.25) is 0 Å². The van der Waals surface area contributed by atoms with Crippen LogP contribution in [0.25, 0.3) is 11.3 Å². The van der Waals surface area contributed by atoms with Crippen LogP contribution in [0.4, 0.5) is 16.0 Å². The summed E-state index contributed by atoms with van der Waals surface area (Å²) in [5, 5.41) is 12.8. The Kier molecular flexibility index (Phi) is 6.03. The minimum atomic E-state index is -1.08. The highest BCUT2D eigenvalue weighted by Gasteiger charge is 2.24. The minimum absolute atomic E-state index is 0.0856. The van der Waals surface area contributed by atoms with Crippen LogP contribution in [0.1, 0.15) is 27.0 Å². The van der Waals surface area contributed by atoms with E-state index < -0.39 is 11.8 Å². The monoisotopic (exact) mass is 484 g/mol. The molecule has 0 unspecified atom stereocenters. The highest BCUT2D eigenvalue weighted by molar-refractivity contribution is 6.17. The van der Waals surface area contributed by atoms with Crippen LogP contribution >= 0.6 is 0 Å². The molecule has 1 aliphatic heterocycles. The fraction of sp³-hybridized carbons (Fsp3) is 0.111. The third-order valence-corrected chi connectivity index (χ3v) is 5.82. The lowest BCUT2D eigenvalue weighted by Crippen LogP contribution is -2.09. The summed E-state index contributed by atoms with van der Waals surface area (Å²) in [6.07, 6.45) is 1.64. The Bertz CT molecular complexity index is 1520. The van der Waals surface area contributed by atoms with Crippen molar-refractivity contribution in [3.63, 3.8) is 0 Å². The van der Waals surface area contributed by atoms with E-state index in [0.29, 0.717) is 56.8 Å². The van der Waals surface area contributed by atoms with Gasteiger partial charge in [-0.25, -0.2) is 19.2 Å². The van der Waals surface area contributed by atoms with Crippen molar-refractivity contribution in [3.05, 3.63) is 94.9 Å². The molecule has 0 saturated carbocycles. The largest absolute Gasteiger partial charge is 0.493 e. The quantitative estimate of drug-likeness (QED) is 0.393. The van der Waals surface area contributed by atoms with E-state index in [1.807, 2.05) is 0 Å². The molecule has 0 fully saturated rings. The Balaban J connectivity index is 1.62. The number of benzene rings is 3. The van der Waals surface area contributed by atoms with Crippen molar-refractivity contribution in [2.24, 2.45) is 4.99 Å². The molecule has 36 heavy (non-hydrogen) atoms. The summed E-state index contributed by atoms with van der Waals surface area (Å²) in [5.41, 5.74) is 3.82. The number of aromatic nitrogens is 2. The van der Waals surface area contributed by atoms with Crippen molar-refractivity contribution >= 4 is 23.3 Å². The van der Waals surface area contributed by atoms with Gasteiger partial charge < -0.3 is 19.9 Å². The van der Waals surface area contributed by atoms with Crippen LogP contribution in [-0.2, 0) is 6.54 Å². The molecule has 0 bridgehead atoms. The number of nitrogens with zero attached hydrogens (tertiary/aromatic N) is 3. The van der Waals surface area contributed by atoms with Gasteiger partial charge >= 0.3 is 5.97 Å². The van der Waals surface area contributed by atoms with Gasteiger partial charge in [0.1, 0.15) is 5.82 Å². The maximum atomic E-state index is 14.7. The lowest BCUT2D eigenvalue weighted by molar-refractivity contribution is 0.0697. The number of hydrogen-bond donors (Lipinski definition) is 2. The first kappa shape index (κ1) is 23.0. The number of methoxy groups -OCH3 is 2. The lowest BCUT2D eigenvalue weighted by atomic mass is 9.93. The van der Waals surface area contributed by atoms with Crippen molar-refractivity contribution in [2.75, 3.05) is 19.5 Å². The van der Waals surface area contributed by atoms with Crippen molar-refractivity contribution in [2.45, 2.75) is 6.54 Å². The molecule has 0 amide bonds. The van der Waals surface area contributed by atoms with E-state index in [4.69, 9.17) is 14.5 Å². The zero-order chi connectivity index (χ0) is 25.2. The van der Waals surface area contributed by atoms with Crippen LogP contribution < -0.4 is 14.8 Å². The predicted octanol–water partition coefficient (Wildman–Crippen LogP) is 5.09. The number of hydrogen-bond acceptors (Lipinski definition) is 7. The molecule has 180 valence electrons. The molecule has 0 aliphatic carbocycles. The second-order valence-electron chi connectivity index (χ2n) is 7.97. The van der Waals surface area contributed by atoms with Crippen LogP contribution in [0.5, 0.6) is 11.5 Å². The van der Waals surface area contributed by atoms with E-state index in [2.05, 4.69) is 15.3 Å². The molecule has 5 rings (SSSR count). The van der Waals surface area contributed by atoms with Gasteiger partial charge in [0.25, 0.3) is 0 Å². The van der Waals surface area contributed by atoms with Crippen LogP contribution in [0.15, 0.2) is 71.9 Å². The van der Waals surface area contributed by atoms with Gasteiger partial charge in [0.05, 0.1) is 37.7 Å². The predicted molar refractivity (Wildman–Crippen MR) is 133 cm³/mol. The summed E-state index contributed by atoms with van der Waals surface area (Å²) < 4.78 is 25.4. The second kappa shape index (κ2) is 9.46. The third kappa shape index (κ3) is 4.22. The Labute approximate surface area is 206 Å². The number of ether oxygens (including phenoxy) is 2. The van der Waals surface area contributed by atoms with Gasteiger partial charge in [-0.2, -0.15) is 0 Å². The highest BCUT2D eigenvalue weighted by Crippen LogP contribution is 2.34. The number of halogens is 1. The van der Waals surface area contributed by atoms with Gasteiger partial charge in [-0.3, -0.25) is 4.99 Å². The number of aromatic carboxylic acids is 1. The van der Waals surface area contributed by atoms with E-state index in [1.54, 1.807) is 62.9 Å². The molecule has 0 saturated heterocycles. The number of anilines is 2. The fourth-order valence-electron chi connectivity index (χ4n) is 4.07. The molecular weight excluding hydrogens is 463 g/mol. The zero-order valence-electron chi connectivity index (χ0n) is 19.4. The van der Waals surface area contributed by atoms with Crippen LogP contribution in [-0.4, -0.2) is 41.0 Å². The smallest absolute Gasteiger partial charge is 0.335 e. The number of rotatable bonds is 6. The molecule has 0 radical (unpaired) electrons. The number of aliphatic imine (C=N–C) groups is 1. The maximum Gasteiger partial charge on any atom is 0.335 e. The van der Waals surface area contributed by atoms with Crippen molar-refractivity contribution < 1.29 is 23.8 Å². The van der Waals surface area contributed by atoms with Gasteiger partial charge in [0.15, 0.2) is 11.5 Å². The summed E-state index contributed by atoms with van der Waals surface area (Å²) in [5.74, 6) is -0.0828. The minimum Gasteiger partial charge on any atom is -0.493 e. The van der Waals surface area contributed by atoms with Crippen LogP contribution in [0, 0.1) is 5.82 Å². The fourth-order valence-corrected chi connectivity index (χ4v) is 4.07. The van der Waals surface area contributed by atoms with E-state index in [9.17, 15) is 14.3 Å². The number of carbonyl (C=O) groups is 1. The molecule has 9 heteroatoms. The normalized spacial score (nSPS) is 12.0. The second-order valence-corrected chi connectivity index (χ2v) is 7.97. The molecular formula is C27H21FN4O4. The SMILES string of the molecule is COc1ccc(Nc2ncc3c(n2)-c2cc(C(=O)O)ccc2C(c2ccccc2F)=NC3)cc1OC. The first-order chi connectivity index (χ1) is 17.5. The van der Waals surface area contributed by atoms with Gasteiger partial charge in [0, 0.05) is 40.2 Å². The highest BCUT2D eigenvalue weighted by atomic mass is 19.1. The van der Waals surface area contributed by atoms with Crippen molar-refractivity contribution in [1.82, 2.24) is 9.97 Å². The third-order valence-electron chi connectivity index (χ3n) is 5.82. The standard InChI is InChI=1S/C27H21FN4O4/c1-35-22-10-8-17(12-23(22)36-2)31-27-30-14-16-13-29-25(19-5-3-4-6-21(19)28)18-9-7-15(26(33)34)11-20(18)24(16)32-27/h3-12,14H,13H2,1-2H3,(H,33,34)(H,30,31,32). The first-order valence-corrected chi connectivity index (χ1v) is 11.0. The van der Waals surface area contributed by atoms with Gasteiger partial charge in [-0.05, 0) is 36.4 Å². The molecule has 2 heterocycles. The molecule has 8 nitrogen and oxygen atoms in total.